The van der Waals surface area contributed by atoms with E-state index < -0.39 is 0 Å². The number of methoxy groups -OCH3 is 2. The van der Waals surface area contributed by atoms with Crippen molar-refractivity contribution in [1.82, 2.24) is 16.0 Å². The summed E-state index contributed by atoms with van der Waals surface area (Å²) in [5, 5.41) is 9.99. The summed E-state index contributed by atoms with van der Waals surface area (Å²) in [6.45, 7) is 8.79. The van der Waals surface area contributed by atoms with Gasteiger partial charge >= 0.3 is 0 Å². The van der Waals surface area contributed by atoms with Gasteiger partial charge in [-0.15, -0.1) is 0 Å². The van der Waals surface area contributed by atoms with E-state index in [4.69, 9.17) is 19.5 Å². The second-order valence-corrected chi connectivity index (χ2v) is 7.25. The Morgan fingerprint density at radius 3 is 1.41 bits per heavy atom. The van der Waals surface area contributed by atoms with Gasteiger partial charge in [0.05, 0.1) is 13.2 Å². The molecule has 0 spiro atoms. The maximum absolute atomic E-state index is 5.15. The molecule has 0 atom stereocenters. The second kappa shape index (κ2) is 22.9. The van der Waals surface area contributed by atoms with E-state index in [0.717, 1.165) is 37.9 Å². The first kappa shape index (κ1) is 27.7. The van der Waals surface area contributed by atoms with Gasteiger partial charge < -0.3 is 20.1 Å². The number of rotatable bonds is 18. The minimum absolute atomic E-state index is 0.637. The summed E-state index contributed by atoms with van der Waals surface area (Å²) in [5.41, 5.74) is 0. The molecule has 0 aliphatic carbocycles. The molecule has 0 aliphatic rings. The number of unbranched alkanes of at least 4 members (excludes halogenated alkanes) is 8. The third kappa shape index (κ3) is 19.7. The lowest BCUT2D eigenvalue weighted by molar-refractivity contribution is 0.203. The zero-order chi connectivity index (χ0) is 21.4. The monoisotopic (exact) mass is 413 g/mol. The highest BCUT2D eigenvalue weighted by molar-refractivity contribution is 5.98. The van der Waals surface area contributed by atoms with Gasteiger partial charge in [0.25, 0.3) is 0 Å². The van der Waals surface area contributed by atoms with E-state index >= 15 is 0 Å². The molecular weight excluding hydrogens is 366 g/mol. The van der Waals surface area contributed by atoms with Gasteiger partial charge in [-0.3, -0.25) is 15.3 Å². The van der Waals surface area contributed by atoms with Gasteiger partial charge in [0.1, 0.15) is 0 Å². The van der Waals surface area contributed by atoms with Crippen LogP contribution in [0.2, 0.25) is 0 Å². The summed E-state index contributed by atoms with van der Waals surface area (Å²) in [6, 6.07) is 0. The summed E-state index contributed by atoms with van der Waals surface area (Å²) in [4.78, 5) is 9.43. The molecule has 0 bridgehead atoms. The Kier molecular flexibility index (Phi) is 21.9. The number of hydrogen-bond donors (Lipinski definition) is 3. The number of nitrogens with zero attached hydrogens (tertiary/aromatic N) is 2. The number of aliphatic imine (C=N–C) groups is 2. The number of ether oxygens (including phenoxy) is 2. The van der Waals surface area contributed by atoms with E-state index in [9.17, 15) is 0 Å². The van der Waals surface area contributed by atoms with Gasteiger partial charge in [-0.25, -0.2) is 0 Å². The van der Waals surface area contributed by atoms with E-state index in [2.05, 4.69) is 29.8 Å². The van der Waals surface area contributed by atoms with Crippen LogP contribution in [0.4, 0.5) is 0 Å². The van der Waals surface area contributed by atoms with Gasteiger partial charge in [-0.05, 0) is 12.8 Å². The van der Waals surface area contributed by atoms with Crippen molar-refractivity contribution in [2.45, 2.75) is 78.1 Å². The molecule has 0 unspecified atom stereocenters. The Morgan fingerprint density at radius 2 is 1.03 bits per heavy atom. The van der Waals surface area contributed by atoms with Gasteiger partial charge in [-0.1, -0.05) is 65.2 Å². The Balaban J connectivity index is 4.66. The first-order valence-electron chi connectivity index (χ1n) is 11.6. The van der Waals surface area contributed by atoms with Crippen LogP contribution in [0.3, 0.4) is 0 Å². The van der Waals surface area contributed by atoms with Crippen molar-refractivity contribution >= 4 is 11.9 Å². The molecule has 0 aliphatic heterocycles. The van der Waals surface area contributed by atoms with Crippen molar-refractivity contribution in [3.05, 3.63) is 0 Å². The quantitative estimate of drug-likeness (QED) is 0.181. The first-order chi connectivity index (χ1) is 14.3. The van der Waals surface area contributed by atoms with E-state index in [1.807, 2.05) is 0 Å². The molecule has 0 radical (unpaired) electrons. The van der Waals surface area contributed by atoms with Gasteiger partial charge in [-0.2, -0.15) is 0 Å². The molecule has 172 valence electrons. The van der Waals surface area contributed by atoms with Crippen molar-refractivity contribution in [2.75, 3.05) is 53.6 Å². The van der Waals surface area contributed by atoms with Crippen molar-refractivity contribution in [2.24, 2.45) is 9.98 Å². The van der Waals surface area contributed by atoms with E-state index in [0.29, 0.717) is 26.3 Å². The van der Waals surface area contributed by atoms with E-state index in [-0.39, 0.29) is 0 Å². The number of guanidine groups is 2. The lowest BCUT2D eigenvalue weighted by atomic mass is 10.2. The molecule has 0 aromatic heterocycles. The van der Waals surface area contributed by atoms with Gasteiger partial charge in [0, 0.05) is 40.4 Å². The van der Waals surface area contributed by atoms with Crippen molar-refractivity contribution in [3.63, 3.8) is 0 Å². The molecule has 0 aromatic rings. The first-order valence-corrected chi connectivity index (χ1v) is 11.6. The maximum Gasteiger partial charge on any atom is 0.198 e. The zero-order valence-electron chi connectivity index (χ0n) is 19.5. The summed E-state index contributed by atoms with van der Waals surface area (Å²) in [7, 11) is 3.41. The molecule has 0 saturated heterocycles. The third-order valence-corrected chi connectivity index (χ3v) is 4.50. The van der Waals surface area contributed by atoms with Crippen LogP contribution in [-0.2, 0) is 9.47 Å². The van der Waals surface area contributed by atoms with Crippen LogP contribution in [0.25, 0.3) is 0 Å². The highest BCUT2D eigenvalue weighted by Crippen LogP contribution is 2.03. The maximum atomic E-state index is 5.15. The standard InChI is InChI=1S/C22H47N5O2/c1-5-7-9-11-13-15-23-21(25-17-19-28-3)27-22(26-18-20-29-4)24-16-14-12-10-8-6-2/h5-20H2,1-4H3,(H3,23,24,25,26,27). The van der Waals surface area contributed by atoms with E-state index in [1.54, 1.807) is 14.2 Å². The molecule has 0 rings (SSSR count). The second-order valence-electron chi connectivity index (χ2n) is 7.25. The van der Waals surface area contributed by atoms with Gasteiger partial charge in [0.2, 0.25) is 0 Å². The molecule has 7 nitrogen and oxygen atoms in total. The van der Waals surface area contributed by atoms with Crippen LogP contribution in [0, 0.1) is 0 Å². The van der Waals surface area contributed by atoms with Crippen LogP contribution in [0.5, 0.6) is 0 Å². The van der Waals surface area contributed by atoms with Crippen LogP contribution in [0.15, 0.2) is 9.98 Å². The summed E-state index contributed by atoms with van der Waals surface area (Å²) in [5.74, 6) is 1.51. The fourth-order valence-corrected chi connectivity index (χ4v) is 2.75. The zero-order valence-corrected chi connectivity index (χ0v) is 19.5. The molecule has 0 aromatic carbocycles. The average Bonchev–Trinajstić information content (AvgIpc) is 2.72. The minimum atomic E-state index is 0.637. The van der Waals surface area contributed by atoms with Crippen LogP contribution in [0.1, 0.15) is 78.1 Å². The van der Waals surface area contributed by atoms with Crippen LogP contribution >= 0.6 is 0 Å². The fraction of sp³-hybridized carbons (Fsp3) is 0.909. The van der Waals surface area contributed by atoms with Gasteiger partial charge in [0.15, 0.2) is 11.9 Å². The molecule has 7 heteroatoms. The topological polar surface area (TPSA) is 79.3 Å². The lowest BCUT2D eigenvalue weighted by Crippen LogP contribution is -2.48. The molecular formula is C22H47N5O2. The normalized spacial score (nSPS) is 12.3. The third-order valence-electron chi connectivity index (χ3n) is 4.50. The highest BCUT2D eigenvalue weighted by Gasteiger charge is 2.04. The Labute approximate surface area is 179 Å². The van der Waals surface area contributed by atoms with Crippen molar-refractivity contribution in [3.8, 4) is 0 Å². The predicted octanol–water partition coefficient (Wildman–Crippen LogP) is 3.70. The van der Waals surface area contributed by atoms with Crippen LogP contribution in [-0.4, -0.2) is 65.5 Å². The fourth-order valence-electron chi connectivity index (χ4n) is 2.75. The molecule has 0 fully saturated rings. The molecule has 29 heavy (non-hydrogen) atoms. The summed E-state index contributed by atoms with van der Waals surface area (Å²) >= 11 is 0. The average molecular weight is 414 g/mol. The predicted molar refractivity (Wildman–Crippen MR) is 125 cm³/mol. The number of hydrogen-bond acceptors (Lipinski definition) is 4. The smallest absolute Gasteiger partial charge is 0.198 e. The molecule has 3 N–H and O–H groups in total. The Morgan fingerprint density at radius 1 is 0.621 bits per heavy atom. The number of nitrogens with one attached hydrogen (secondary N) is 3. The minimum Gasteiger partial charge on any atom is -0.383 e. The van der Waals surface area contributed by atoms with Crippen molar-refractivity contribution < 1.29 is 9.47 Å². The van der Waals surface area contributed by atoms with Crippen molar-refractivity contribution in [1.29, 1.82) is 0 Å². The van der Waals surface area contributed by atoms with E-state index in [1.165, 1.54) is 51.4 Å². The summed E-state index contributed by atoms with van der Waals surface area (Å²) in [6.07, 6.45) is 12.4. The Hall–Kier alpha value is -1.34. The molecule has 0 amide bonds. The molecule has 0 heterocycles. The SMILES string of the molecule is CCCCCCCN=C(NCCOC)NC(=NCCCCCCC)NCCOC. The Bertz CT molecular complexity index is 367. The van der Waals surface area contributed by atoms with Crippen LogP contribution < -0.4 is 16.0 Å². The largest absolute Gasteiger partial charge is 0.383 e. The highest BCUT2D eigenvalue weighted by atomic mass is 16.5. The summed E-state index contributed by atoms with van der Waals surface area (Å²) < 4.78 is 10.3. The molecule has 0 saturated carbocycles. The lowest BCUT2D eigenvalue weighted by Gasteiger charge is -2.16.